The van der Waals surface area contributed by atoms with Crippen LogP contribution in [0.2, 0.25) is 0 Å². The average Bonchev–Trinajstić information content (AvgIpc) is 2.86. The van der Waals surface area contributed by atoms with Crippen molar-refractivity contribution < 1.29 is 0 Å². The van der Waals surface area contributed by atoms with Crippen LogP contribution >= 0.6 is 11.3 Å². The number of aromatic nitrogens is 1. The molecule has 0 aliphatic heterocycles. The molecule has 0 aliphatic rings. The first kappa shape index (κ1) is 12.4. The summed E-state index contributed by atoms with van der Waals surface area (Å²) < 4.78 is 2.31. The van der Waals surface area contributed by atoms with Crippen LogP contribution in [-0.2, 0) is 13.1 Å². The molecular formula is C14H20N2S. The van der Waals surface area contributed by atoms with E-state index in [1.54, 1.807) is 11.3 Å². The van der Waals surface area contributed by atoms with Gasteiger partial charge in [0.05, 0.1) is 0 Å². The summed E-state index contributed by atoms with van der Waals surface area (Å²) in [6.45, 7) is 8.47. The lowest BCUT2D eigenvalue weighted by atomic mass is 10.1. The van der Waals surface area contributed by atoms with Crippen molar-refractivity contribution in [2.75, 3.05) is 0 Å². The molecule has 2 heterocycles. The Morgan fingerprint density at radius 1 is 1.29 bits per heavy atom. The van der Waals surface area contributed by atoms with Gasteiger partial charge in [-0.15, -0.1) is 0 Å². The maximum absolute atomic E-state index is 3.53. The molecule has 1 N–H and O–H groups in total. The molecule has 0 fully saturated rings. The summed E-state index contributed by atoms with van der Waals surface area (Å²) in [4.78, 5) is 0. The summed E-state index contributed by atoms with van der Waals surface area (Å²) in [7, 11) is 0. The van der Waals surface area contributed by atoms with Crippen LogP contribution in [0.4, 0.5) is 0 Å². The lowest BCUT2D eigenvalue weighted by molar-refractivity contribution is 0.417. The second-order valence-corrected chi connectivity index (χ2v) is 6.14. The van der Waals surface area contributed by atoms with Crippen LogP contribution in [-0.4, -0.2) is 10.1 Å². The third-order valence-corrected chi connectivity index (χ3v) is 3.39. The van der Waals surface area contributed by atoms with Crippen LogP contribution in [0.3, 0.4) is 0 Å². The smallest absolute Gasteiger partial charge is 0.0481 e. The lowest BCUT2D eigenvalue weighted by Gasteiger charge is -2.21. The number of nitrogens with zero attached hydrogens (tertiary/aromatic N) is 1. The lowest BCUT2D eigenvalue weighted by Crippen LogP contribution is -2.35. The first-order chi connectivity index (χ1) is 8.04. The molecule has 0 saturated carbocycles. The second-order valence-electron chi connectivity index (χ2n) is 5.36. The van der Waals surface area contributed by atoms with Crippen LogP contribution in [0.25, 0.3) is 0 Å². The molecule has 2 aromatic heterocycles. The quantitative estimate of drug-likeness (QED) is 0.876. The van der Waals surface area contributed by atoms with Crippen LogP contribution < -0.4 is 5.32 Å². The van der Waals surface area contributed by atoms with E-state index in [9.17, 15) is 0 Å². The zero-order chi connectivity index (χ0) is 12.3. The highest BCUT2D eigenvalue weighted by Gasteiger charge is 2.10. The predicted octanol–water partition coefficient (Wildman–Crippen LogP) is 3.49. The Morgan fingerprint density at radius 3 is 2.76 bits per heavy atom. The molecule has 0 amide bonds. The Kier molecular flexibility index (Phi) is 3.69. The van der Waals surface area contributed by atoms with Crippen molar-refractivity contribution in [3.8, 4) is 0 Å². The fourth-order valence-corrected chi connectivity index (χ4v) is 2.36. The third kappa shape index (κ3) is 3.72. The summed E-state index contributed by atoms with van der Waals surface area (Å²) in [5.41, 5.74) is 2.88. The predicted molar refractivity (Wildman–Crippen MR) is 74.4 cm³/mol. The molecule has 0 unspecified atom stereocenters. The van der Waals surface area contributed by atoms with Crippen molar-refractivity contribution in [1.82, 2.24) is 9.88 Å². The average molecular weight is 248 g/mol. The Balaban J connectivity index is 2.02. The molecular weight excluding hydrogens is 228 g/mol. The van der Waals surface area contributed by atoms with E-state index in [4.69, 9.17) is 0 Å². The molecule has 0 aromatic carbocycles. The highest BCUT2D eigenvalue weighted by molar-refractivity contribution is 7.07. The maximum atomic E-state index is 3.53. The first-order valence-corrected chi connectivity index (χ1v) is 6.89. The van der Waals surface area contributed by atoms with Gasteiger partial charge >= 0.3 is 0 Å². The number of hydrogen-bond donors (Lipinski definition) is 1. The Hall–Kier alpha value is -1.06. The van der Waals surface area contributed by atoms with Gasteiger partial charge in [0.25, 0.3) is 0 Å². The van der Waals surface area contributed by atoms with E-state index in [-0.39, 0.29) is 5.54 Å². The Morgan fingerprint density at radius 2 is 2.12 bits per heavy atom. The van der Waals surface area contributed by atoms with E-state index in [1.165, 1.54) is 11.3 Å². The number of thiophene rings is 1. The van der Waals surface area contributed by atoms with Crippen LogP contribution in [0, 0.1) is 0 Å². The molecule has 92 valence electrons. The fourth-order valence-electron chi connectivity index (χ4n) is 1.70. The number of rotatable bonds is 4. The minimum absolute atomic E-state index is 0.164. The van der Waals surface area contributed by atoms with Crippen molar-refractivity contribution in [2.24, 2.45) is 0 Å². The van der Waals surface area contributed by atoms with Gasteiger partial charge in [0, 0.05) is 30.5 Å². The number of nitrogens with one attached hydrogen (secondary N) is 1. The van der Waals surface area contributed by atoms with Crippen molar-refractivity contribution in [3.05, 3.63) is 46.4 Å². The molecule has 2 nitrogen and oxygen atoms in total. The molecule has 17 heavy (non-hydrogen) atoms. The van der Waals surface area contributed by atoms with Crippen molar-refractivity contribution in [2.45, 2.75) is 39.4 Å². The molecule has 0 bridgehead atoms. The van der Waals surface area contributed by atoms with Gasteiger partial charge in [-0.3, -0.25) is 0 Å². The summed E-state index contributed by atoms with van der Waals surface area (Å²) in [5, 5.41) is 7.87. The molecule has 0 radical (unpaired) electrons. The fraction of sp³-hybridized carbons (Fsp3) is 0.429. The Bertz CT molecular complexity index is 449. The third-order valence-electron chi connectivity index (χ3n) is 2.66. The molecule has 2 aromatic rings. The number of hydrogen-bond acceptors (Lipinski definition) is 2. The van der Waals surface area contributed by atoms with Crippen LogP contribution in [0.15, 0.2) is 35.2 Å². The van der Waals surface area contributed by atoms with Gasteiger partial charge < -0.3 is 9.88 Å². The first-order valence-electron chi connectivity index (χ1n) is 5.95. The van der Waals surface area contributed by atoms with E-state index >= 15 is 0 Å². The van der Waals surface area contributed by atoms with Crippen molar-refractivity contribution in [1.29, 1.82) is 0 Å². The second kappa shape index (κ2) is 5.07. The highest BCUT2D eigenvalue weighted by atomic mass is 32.1. The van der Waals surface area contributed by atoms with Gasteiger partial charge in [-0.25, -0.2) is 0 Å². The highest BCUT2D eigenvalue weighted by Crippen LogP contribution is 2.12. The zero-order valence-corrected chi connectivity index (χ0v) is 11.6. The van der Waals surface area contributed by atoms with Crippen molar-refractivity contribution in [3.63, 3.8) is 0 Å². The monoisotopic (exact) mass is 248 g/mol. The molecule has 0 saturated heterocycles. The SMILES string of the molecule is CC(C)(C)NCc1cccn1Cc1ccsc1. The summed E-state index contributed by atoms with van der Waals surface area (Å²) >= 11 is 1.76. The maximum Gasteiger partial charge on any atom is 0.0481 e. The summed E-state index contributed by atoms with van der Waals surface area (Å²) in [5.74, 6) is 0. The standard InChI is InChI=1S/C14H20N2S/c1-14(2,3)15-9-13-5-4-7-16(13)10-12-6-8-17-11-12/h4-8,11,15H,9-10H2,1-3H3. The molecule has 0 atom stereocenters. The van der Waals surface area contributed by atoms with Gasteiger partial charge in [-0.2, -0.15) is 11.3 Å². The summed E-state index contributed by atoms with van der Waals surface area (Å²) in [6, 6.07) is 6.49. The molecule has 0 spiro atoms. The topological polar surface area (TPSA) is 17.0 Å². The van der Waals surface area contributed by atoms with Gasteiger partial charge in [0.2, 0.25) is 0 Å². The van der Waals surface area contributed by atoms with E-state index in [0.717, 1.165) is 13.1 Å². The molecule has 2 rings (SSSR count). The minimum atomic E-state index is 0.164. The van der Waals surface area contributed by atoms with E-state index < -0.39 is 0 Å². The summed E-state index contributed by atoms with van der Waals surface area (Å²) in [6.07, 6.45) is 2.15. The van der Waals surface area contributed by atoms with Gasteiger partial charge in [0.1, 0.15) is 0 Å². The van der Waals surface area contributed by atoms with Gasteiger partial charge in [-0.05, 0) is 55.3 Å². The molecule has 3 heteroatoms. The zero-order valence-electron chi connectivity index (χ0n) is 10.7. The normalized spacial score (nSPS) is 11.9. The van der Waals surface area contributed by atoms with Gasteiger partial charge in [-0.1, -0.05) is 0 Å². The van der Waals surface area contributed by atoms with Crippen molar-refractivity contribution >= 4 is 11.3 Å². The van der Waals surface area contributed by atoms with E-state index in [0.29, 0.717) is 0 Å². The minimum Gasteiger partial charge on any atom is -0.346 e. The van der Waals surface area contributed by atoms with E-state index in [1.807, 2.05) is 0 Å². The van der Waals surface area contributed by atoms with Crippen LogP contribution in [0.5, 0.6) is 0 Å². The Labute approximate surface area is 107 Å². The van der Waals surface area contributed by atoms with Crippen LogP contribution in [0.1, 0.15) is 32.0 Å². The van der Waals surface area contributed by atoms with E-state index in [2.05, 4.69) is 65.8 Å². The largest absolute Gasteiger partial charge is 0.346 e. The van der Waals surface area contributed by atoms with Gasteiger partial charge in [0.15, 0.2) is 0 Å². The molecule has 0 aliphatic carbocycles.